The molecule has 0 aliphatic carbocycles. The van der Waals surface area contributed by atoms with Crippen LogP contribution in [0.3, 0.4) is 0 Å². The minimum absolute atomic E-state index is 0.0457. The molecule has 0 aromatic rings. The van der Waals surface area contributed by atoms with E-state index in [-0.39, 0.29) is 6.42 Å². The van der Waals surface area contributed by atoms with E-state index in [1.54, 1.807) is 0 Å². The van der Waals surface area contributed by atoms with Crippen LogP contribution in [0.4, 0.5) is 0 Å². The summed E-state index contributed by atoms with van der Waals surface area (Å²) in [6.07, 6.45) is -0.0457. The zero-order valence-corrected chi connectivity index (χ0v) is 7.92. The molecule has 0 aliphatic rings. The van der Waals surface area contributed by atoms with E-state index in [0.29, 0.717) is 0 Å². The Hall–Kier alpha value is -1.32. The Kier molecular flexibility index (Phi) is 4.17. The summed E-state index contributed by atoms with van der Waals surface area (Å²) in [5.41, 5.74) is 0. The lowest BCUT2D eigenvalue weighted by Gasteiger charge is -1.99. The third-order valence-electron chi connectivity index (χ3n) is 1.53. The van der Waals surface area contributed by atoms with Crippen LogP contribution in [0.15, 0.2) is 0 Å². The van der Waals surface area contributed by atoms with Gasteiger partial charge in [0.1, 0.15) is 0 Å². The SMILES string of the molecule is CCC(=O)C(=O)C(=O)C(=O)C(C)C. The van der Waals surface area contributed by atoms with Crippen molar-refractivity contribution in [3.63, 3.8) is 0 Å². The van der Waals surface area contributed by atoms with Gasteiger partial charge in [0, 0.05) is 12.3 Å². The summed E-state index contributed by atoms with van der Waals surface area (Å²) in [4.78, 5) is 43.6. The van der Waals surface area contributed by atoms with Crippen LogP contribution >= 0.6 is 0 Å². The smallest absolute Gasteiger partial charge is 0.272 e. The number of carbonyl (C=O) groups is 4. The van der Waals surface area contributed by atoms with E-state index in [0.717, 1.165) is 0 Å². The third kappa shape index (κ3) is 2.89. The molecule has 0 bridgehead atoms. The van der Waals surface area contributed by atoms with Crippen molar-refractivity contribution < 1.29 is 19.2 Å². The number of rotatable bonds is 5. The van der Waals surface area contributed by atoms with E-state index in [2.05, 4.69) is 0 Å². The maximum atomic E-state index is 11.0. The fraction of sp³-hybridized carbons (Fsp3) is 0.556. The second-order valence-corrected chi connectivity index (χ2v) is 2.95. The fourth-order valence-electron chi connectivity index (χ4n) is 0.661. The highest BCUT2D eigenvalue weighted by Crippen LogP contribution is 1.97. The molecule has 0 N–H and O–H groups in total. The maximum Gasteiger partial charge on any atom is 0.272 e. The Morgan fingerprint density at radius 1 is 1.00 bits per heavy atom. The van der Waals surface area contributed by atoms with Crippen LogP contribution in [0.25, 0.3) is 0 Å². The van der Waals surface area contributed by atoms with Crippen LogP contribution in [-0.2, 0) is 19.2 Å². The van der Waals surface area contributed by atoms with Crippen LogP contribution in [-0.4, -0.2) is 23.1 Å². The molecule has 13 heavy (non-hydrogen) atoms. The van der Waals surface area contributed by atoms with E-state index in [1.165, 1.54) is 20.8 Å². The van der Waals surface area contributed by atoms with E-state index in [9.17, 15) is 19.2 Å². The lowest BCUT2D eigenvalue weighted by Crippen LogP contribution is -2.32. The number of hydrogen-bond acceptors (Lipinski definition) is 4. The molecule has 72 valence electrons. The predicted octanol–water partition coefficient (Wildman–Crippen LogP) is 0.329. The molecule has 0 saturated carbocycles. The topological polar surface area (TPSA) is 68.3 Å². The first-order valence-corrected chi connectivity index (χ1v) is 4.07. The molecule has 0 aliphatic heterocycles. The highest BCUT2D eigenvalue weighted by atomic mass is 16.2. The summed E-state index contributed by atoms with van der Waals surface area (Å²) in [5, 5.41) is 0. The Morgan fingerprint density at radius 3 is 1.77 bits per heavy atom. The van der Waals surface area contributed by atoms with E-state index in [1.807, 2.05) is 0 Å². The highest BCUT2D eigenvalue weighted by molar-refractivity contribution is 6.78. The summed E-state index contributed by atoms with van der Waals surface area (Å²) in [6.45, 7) is 4.47. The molecule has 0 aromatic heterocycles. The molecule has 0 radical (unpaired) electrons. The molecule has 4 nitrogen and oxygen atoms in total. The van der Waals surface area contributed by atoms with Gasteiger partial charge in [0.05, 0.1) is 0 Å². The molecule has 0 saturated heterocycles. The molecule has 0 atom stereocenters. The largest absolute Gasteiger partial charge is 0.290 e. The second kappa shape index (κ2) is 4.64. The van der Waals surface area contributed by atoms with Gasteiger partial charge in [-0.15, -0.1) is 0 Å². The normalized spacial score (nSPS) is 9.85. The van der Waals surface area contributed by atoms with E-state index in [4.69, 9.17) is 0 Å². The van der Waals surface area contributed by atoms with Gasteiger partial charge in [0.15, 0.2) is 0 Å². The highest BCUT2D eigenvalue weighted by Gasteiger charge is 2.28. The summed E-state index contributed by atoms with van der Waals surface area (Å²) >= 11 is 0. The van der Waals surface area contributed by atoms with Crippen molar-refractivity contribution in [1.82, 2.24) is 0 Å². The third-order valence-corrected chi connectivity index (χ3v) is 1.53. The van der Waals surface area contributed by atoms with Crippen LogP contribution in [0.2, 0.25) is 0 Å². The van der Waals surface area contributed by atoms with Gasteiger partial charge < -0.3 is 0 Å². The first kappa shape index (κ1) is 11.7. The first-order chi connectivity index (χ1) is 5.91. The van der Waals surface area contributed by atoms with Gasteiger partial charge in [-0.25, -0.2) is 0 Å². The molecule has 0 unspecified atom stereocenters. The van der Waals surface area contributed by atoms with Crippen LogP contribution in [0.1, 0.15) is 27.2 Å². The second-order valence-electron chi connectivity index (χ2n) is 2.95. The molecule has 0 amide bonds. The fourth-order valence-corrected chi connectivity index (χ4v) is 0.661. The number of hydrogen-bond donors (Lipinski definition) is 0. The van der Waals surface area contributed by atoms with Gasteiger partial charge in [-0.2, -0.15) is 0 Å². The molecule has 0 rings (SSSR count). The molecular formula is C9H12O4. The van der Waals surface area contributed by atoms with Gasteiger partial charge in [0.25, 0.3) is 11.6 Å². The summed E-state index contributed by atoms with van der Waals surface area (Å²) in [7, 11) is 0. The molecule has 0 fully saturated rings. The monoisotopic (exact) mass is 184 g/mol. The Labute approximate surface area is 76.3 Å². The van der Waals surface area contributed by atoms with Crippen LogP contribution in [0.5, 0.6) is 0 Å². The number of ketones is 4. The zero-order chi connectivity index (χ0) is 10.6. The minimum atomic E-state index is -1.19. The molecule has 0 aromatic carbocycles. The first-order valence-electron chi connectivity index (χ1n) is 4.07. The standard InChI is InChI=1S/C9H12O4/c1-4-6(10)8(12)9(13)7(11)5(2)3/h5H,4H2,1-3H3. The van der Waals surface area contributed by atoms with Crippen LogP contribution in [0, 0.1) is 5.92 Å². The van der Waals surface area contributed by atoms with Crippen LogP contribution < -0.4 is 0 Å². The lowest BCUT2D eigenvalue weighted by atomic mass is 10.00. The van der Waals surface area contributed by atoms with Crippen molar-refractivity contribution in [2.45, 2.75) is 27.2 Å². The average molecular weight is 184 g/mol. The minimum Gasteiger partial charge on any atom is -0.290 e. The van der Waals surface area contributed by atoms with E-state index < -0.39 is 29.1 Å². The van der Waals surface area contributed by atoms with E-state index >= 15 is 0 Å². The Morgan fingerprint density at radius 2 is 1.46 bits per heavy atom. The van der Waals surface area contributed by atoms with Gasteiger partial charge >= 0.3 is 0 Å². The maximum absolute atomic E-state index is 11.0. The predicted molar refractivity (Wildman–Crippen MR) is 45.2 cm³/mol. The summed E-state index contributed by atoms with van der Waals surface area (Å²) < 4.78 is 0. The van der Waals surface area contributed by atoms with Crippen molar-refractivity contribution in [3.8, 4) is 0 Å². The number of Topliss-reactive ketones (excluding diaryl/α,β-unsaturated/α-hetero) is 4. The Balaban J connectivity index is 4.54. The van der Waals surface area contributed by atoms with Gasteiger partial charge in [-0.05, 0) is 0 Å². The van der Waals surface area contributed by atoms with Gasteiger partial charge in [-0.1, -0.05) is 20.8 Å². The van der Waals surface area contributed by atoms with Crippen molar-refractivity contribution >= 4 is 23.1 Å². The van der Waals surface area contributed by atoms with Crippen molar-refractivity contribution in [2.24, 2.45) is 5.92 Å². The van der Waals surface area contributed by atoms with Crippen molar-refractivity contribution in [1.29, 1.82) is 0 Å². The summed E-state index contributed by atoms with van der Waals surface area (Å²) in [6, 6.07) is 0. The average Bonchev–Trinajstić information content (AvgIpc) is 2.12. The molecule has 0 spiro atoms. The summed E-state index contributed by atoms with van der Waals surface area (Å²) in [5.74, 6) is -4.53. The lowest BCUT2D eigenvalue weighted by molar-refractivity contribution is -0.149. The number of carbonyl (C=O) groups excluding carboxylic acids is 4. The quantitative estimate of drug-likeness (QED) is 0.456. The molecule has 0 heterocycles. The van der Waals surface area contributed by atoms with Gasteiger partial charge in [-0.3, -0.25) is 19.2 Å². The van der Waals surface area contributed by atoms with Crippen molar-refractivity contribution in [2.75, 3.05) is 0 Å². The zero-order valence-electron chi connectivity index (χ0n) is 7.92. The molecule has 4 heteroatoms. The molecular weight excluding hydrogens is 172 g/mol. The van der Waals surface area contributed by atoms with Gasteiger partial charge in [0.2, 0.25) is 11.6 Å². The Bertz CT molecular complexity index is 263. The van der Waals surface area contributed by atoms with Crippen molar-refractivity contribution in [3.05, 3.63) is 0 Å².